The average Bonchev–Trinajstić information content (AvgIpc) is 2.72. The van der Waals surface area contributed by atoms with E-state index in [2.05, 4.69) is 14.8 Å². The van der Waals surface area contributed by atoms with Crippen molar-refractivity contribution in [2.75, 3.05) is 21.0 Å². The minimum Gasteiger partial charge on any atom is -0.322 e. The first-order chi connectivity index (χ1) is 15.4. The van der Waals surface area contributed by atoms with E-state index in [0.29, 0.717) is 5.69 Å². The second-order valence-electron chi connectivity index (χ2n) is 6.75. The third kappa shape index (κ3) is 6.52. The number of halogens is 3. The molecule has 0 aromatic heterocycles. The number of carbonyl (C=O) groups excluding carboxylic acids is 1. The summed E-state index contributed by atoms with van der Waals surface area (Å²) in [6, 6.07) is 14.1. The molecule has 3 N–H and O–H groups in total. The first-order valence-corrected chi connectivity index (χ1v) is 13.5. The zero-order valence-electron chi connectivity index (χ0n) is 16.8. The van der Waals surface area contributed by atoms with Crippen molar-refractivity contribution in [2.45, 2.75) is 4.90 Å². The predicted molar refractivity (Wildman–Crippen MR) is 132 cm³/mol. The van der Waals surface area contributed by atoms with Crippen molar-refractivity contribution in [1.29, 1.82) is 0 Å². The van der Waals surface area contributed by atoms with Gasteiger partial charge in [0.05, 0.1) is 37.6 Å². The molecular formula is C20H16Cl3N3O5S2. The van der Waals surface area contributed by atoms with Crippen LogP contribution < -0.4 is 14.8 Å². The monoisotopic (exact) mass is 547 g/mol. The van der Waals surface area contributed by atoms with Crippen LogP contribution in [0, 0.1) is 0 Å². The van der Waals surface area contributed by atoms with E-state index >= 15 is 0 Å². The average molecular weight is 549 g/mol. The summed E-state index contributed by atoms with van der Waals surface area (Å²) >= 11 is 18.0. The predicted octanol–water partition coefficient (Wildman–Crippen LogP) is 5.07. The van der Waals surface area contributed by atoms with Gasteiger partial charge in [-0.15, -0.1) is 0 Å². The summed E-state index contributed by atoms with van der Waals surface area (Å²) in [7, 11) is -7.48. The Morgan fingerprint density at radius 1 is 0.788 bits per heavy atom. The van der Waals surface area contributed by atoms with Gasteiger partial charge in [-0.25, -0.2) is 16.8 Å². The molecule has 1 amide bonds. The summed E-state index contributed by atoms with van der Waals surface area (Å²) in [5.41, 5.74) is 0.770. The molecule has 174 valence electrons. The Labute approximate surface area is 206 Å². The highest BCUT2D eigenvalue weighted by Crippen LogP contribution is 2.31. The van der Waals surface area contributed by atoms with Crippen molar-refractivity contribution in [3.05, 3.63) is 81.3 Å². The van der Waals surface area contributed by atoms with Gasteiger partial charge in [0.2, 0.25) is 10.0 Å². The molecule has 0 aliphatic heterocycles. The lowest BCUT2D eigenvalue weighted by molar-refractivity contribution is 0.102. The normalized spacial score (nSPS) is 11.6. The molecule has 3 aromatic carbocycles. The zero-order valence-corrected chi connectivity index (χ0v) is 20.7. The molecule has 0 saturated heterocycles. The number of carbonyl (C=O) groups is 1. The van der Waals surface area contributed by atoms with Gasteiger partial charge in [0.1, 0.15) is 0 Å². The summed E-state index contributed by atoms with van der Waals surface area (Å²) in [6.45, 7) is 0. The molecule has 33 heavy (non-hydrogen) atoms. The van der Waals surface area contributed by atoms with Gasteiger partial charge in [0, 0.05) is 11.3 Å². The van der Waals surface area contributed by atoms with Crippen LogP contribution in [0.25, 0.3) is 0 Å². The van der Waals surface area contributed by atoms with E-state index in [9.17, 15) is 21.6 Å². The number of sulfonamides is 2. The fraction of sp³-hybridized carbons (Fsp3) is 0.0500. The Bertz CT molecular complexity index is 1430. The first-order valence-electron chi connectivity index (χ1n) is 9.01. The molecule has 0 fully saturated rings. The van der Waals surface area contributed by atoms with Crippen LogP contribution in [-0.2, 0) is 20.0 Å². The van der Waals surface area contributed by atoms with Gasteiger partial charge in [-0.1, -0.05) is 40.9 Å². The molecule has 0 aliphatic carbocycles. The van der Waals surface area contributed by atoms with Crippen molar-refractivity contribution in [3.63, 3.8) is 0 Å². The third-order valence-corrected chi connectivity index (χ3v) is 7.25. The second-order valence-corrected chi connectivity index (χ2v) is 11.4. The Morgan fingerprint density at radius 3 is 2.06 bits per heavy atom. The van der Waals surface area contributed by atoms with Gasteiger partial charge in [0.25, 0.3) is 15.9 Å². The fourth-order valence-corrected chi connectivity index (χ4v) is 4.98. The van der Waals surface area contributed by atoms with Crippen molar-refractivity contribution >= 4 is 77.8 Å². The van der Waals surface area contributed by atoms with Gasteiger partial charge in [-0.2, -0.15) is 0 Å². The summed E-state index contributed by atoms with van der Waals surface area (Å²) in [6.07, 6.45) is 0.979. The van der Waals surface area contributed by atoms with Crippen molar-refractivity contribution < 1.29 is 21.6 Å². The molecule has 3 rings (SSSR count). The van der Waals surface area contributed by atoms with Gasteiger partial charge >= 0.3 is 0 Å². The first kappa shape index (κ1) is 25.1. The molecule has 0 aliphatic rings. The third-order valence-electron chi connectivity index (χ3n) is 4.15. The van der Waals surface area contributed by atoms with Crippen LogP contribution in [0.2, 0.25) is 15.1 Å². The molecule has 0 radical (unpaired) electrons. The number of nitrogens with one attached hydrogen (secondary N) is 3. The molecule has 0 unspecified atom stereocenters. The van der Waals surface area contributed by atoms with Crippen molar-refractivity contribution in [3.8, 4) is 0 Å². The number of hydrogen-bond donors (Lipinski definition) is 3. The lowest BCUT2D eigenvalue weighted by Gasteiger charge is -2.12. The summed E-state index contributed by atoms with van der Waals surface area (Å²) in [5, 5.41) is 2.93. The Kier molecular flexibility index (Phi) is 7.45. The molecule has 8 nitrogen and oxygen atoms in total. The quantitative estimate of drug-likeness (QED) is 0.380. The molecule has 0 saturated carbocycles. The maximum Gasteiger partial charge on any atom is 0.261 e. The highest BCUT2D eigenvalue weighted by Gasteiger charge is 2.17. The molecule has 0 bridgehead atoms. The van der Waals surface area contributed by atoms with E-state index in [1.807, 2.05) is 0 Å². The maximum atomic E-state index is 12.6. The lowest BCUT2D eigenvalue weighted by Crippen LogP contribution is -2.15. The Balaban J connectivity index is 1.73. The van der Waals surface area contributed by atoms with E-state index in [4.69, 9.17) is 34.8 Å². The van der Waals surface area contributed by atoms with Crippen LogP contribution in [0.1, 0.15) is 10.4 Å². The summed E-state index contributed by atoms with van der Waals surface area (Å²) in [5.74, 6) is -0.526. The number of hydrogen-bond acceptors (Lipinski definition) is 5. The van der Waals surface area contributed by atoms with E-state index in [1.54, 1.807) is 6.07 Å². The lowest BCUT2D eigenvalue weighted by atomic mass is 10.2. The van der Waals surface area contributed by atoms with Crippen LogP contribution in [0.4, 0.5) is 17.1 Å². The Hall–Kier alpha value is -2.50. The standard InChI is InChI=1S/C20H16Cl3N3O5S2/c1-32(28,29)25-17-10-5-12(11-16(17)22)20(27)24-13-6-8-14(9-7-13)33(30,31)26-18-4-2-3-15(21)19(18)23/h2-11,25-26H,1H3,(H,24,27). The number of amides is 1. The zero-order chi connectivity index (χ0) is 24.4. The SMILES string of the molecule is CS(=O)(=O)Nc1ccc(C(=O)Nc2ccc(S(=O)(=O)Nc3cccc(Cl)c3Cl)cc2)cc1Cl. The minimum absolute atomic E-state index is 0.0419. The van der Waals surface area contributed by atoms with Gasteiger partial charge in [-0.05, 0) is 54.6 Å². The van der Waals surface area contributed by atoms with Crippen LogP contribution in [0.5, 0.6) is 0 Å². The minimum atomic E-state index is -3.95. The largest absolute Gasteiger partial charge is 0.322 e. The molecule has 0 spiro atoms. The highest BCUT2D eigenvalue weighted by atomic mass is 35.5. The number of anilines is 3. The highest BCUT2D eigenvalue weighted by molar-refractivity contribution is 7.92. The Morgan fingerprint density at radius 2 is 1.45 bits per heavy atom. The molecule has 0 heterocycles. The molecular weight excluding hydrogens is 533 g/mol. The maximum absolute atomic E-state index is 12.6. The van der Waals surface area contributed by atoms with Crippen LogP contribution >= 0.6 is 34.8 Å². The van der Waals surface area contributed by atoms with E-state index in [0.717, 1.165) is 6.26 Å². The fourth-order valence-electron chi connectivity index (χ4n) is 2.65. The van der Waals surface area contributed by atoms with Crippen LogP contribution in [0.15, 0.2) is 65.6 Å². The van der Waals surface area contributed by atoms with E-state index in [-0.39, 0.29) is 36.9 Å². The van der Waals surface area contributed by atoms with Crippen molar-refractivity contribution in [2.24, 2.45) is 0 Å². The van der Waals surface area contributed by atoms with Crippen LogP contribution in [-0.4, -0.2) is 29.0 Å². The topological polar surface area (TPSA) is 121 Å². The van der Waals surface area contributed by atoms with Crippen molar-refractivity contribution in [1.82, 2.24) is 0 Å². The number of benzene rings is 3. The van der Waals surface area contributed by atoms with Gasteiger partial charge in [0.15, 0.2) is 0 Å². The number of rotatable bonds is 7. The van der Waals surface area contributed by atoms with Gasteiger partial charge < -0.3 is 5.32 Å². The summed E-state index contributed by atoms with van der Waals surface area (Å²) in [4.78, 5) is 12.4. The molecule has 3 aromatic rings. The van der Waals surface area contributed by atoms with E-state index in [1.165, 1.54) is 54.6 Å². The van der Waals surface area contributed by atoms with Gasteiger partial charge in [-0.3, -0.25) is 14.2 Å². The van der Waals surface area contributed by atoms with Crippen LogP contribution in [0.3, 0.4) is 0 Å². The summed E-state index contributed by atoms with van der Waals surface area (Å²) < 4.78 is 52.5. The second kappa shape index (κ2) is 9.78. The molecule has 0 atom stereocenters. The molecule has 13 heteroatoms. The smallest absolute Gasteiger partial charge is 0.261 e. The van der Waals surface area contributed by atoms with E-state index < -0.39 is 26.0 Å².